The van der Waals surface area contributed by atoms with Gasteiger partial charge in [-0.15, -0.1) is 0 Å². The van der Waals surface area contributed by atoms with Gasteiger partial charge in [-0.3, -0.25) is 9.48 Å². The molecule has 112 valence electrons. The van der Waals surface area contributed by atoms with E-state index in [0.29, 0.717) is 11.3 Å². The number of aromatic nitrogens is 2. The molecule has 1 atom stereocenters. The fourth-order valence-corrected chi connectivity index (χ4v) is 2.42. The monoisotopic (exact) mass is 308 g/mol. The normalized spacial score (nSPS) is 12.9. The van der Waals surface area contributed by atoms with E-state index < -0.39 is 16.1 Å². The van der Waals surface area contributed by atoms with E-state index >= 15 is 0 Å². The average molecular weight is 308 g/mol. The molecule has 0 spiro atoms. The predicted octanol–water partition coefficient (Wildman–Crippen LogP) is 1.04. The van der Waals surface area contributed by atoms with E-state index in [-0.39, 0.29) is 10.8 Å². The van der Waals surface area contributed by atoms with Gasteiger partial charge in [-0.25, -0.2) is 13.6 Å². The molecule has 1 aromatic heterocycles. The Morgan fingerprint density at radius 3 is 2.67 bits per heavy atom. The molecule has 0 aliphatic rings. The first-order valence-electron chi connectivity index (χ1n) is 6.22. The van der Waals surface area contributed by atoms with Gasteiger partial charge in [-0.05, 0) is 43.7 Å². The third-order valence-electron chi connectivity index (χ3n) is 3.09. The SMILES string of the molecule is Cc1cc(S(N)(=O)=O)ccc1NC(=O)C(C)n1cccn1. The molecule has 0 saturated heterocycles. The smallest absolute Gasteiger partial charge is 0.248 e. The van der Waals surface area contributed by atoms with Crippen LogP contribution in [0.3, 0.4) is 0 Å². The number of benzene rings is 1. The van der Waals surface area contributed by atoms with Crippen LogP contribution in [0.15, 0.2) is 41.6 Å². The van der Waals surface area contributed by atoms with Crippen molar-refractivity contribution in [3.63, 3.8) is 0 Å². The second kappa shape index (κ2) is 5.66. The van der Waals surface area contributed by atoms with Crippen molar-refractivity contribution in [2.75, 3.05) is 5.32 Å². The summed E-state index contributed by atoms with van der Waals surface area (Å²) >= 11 is 0. The van der Waals surface area contributed by atoms with Gasteiger partial charge < -0.3 is 5.32 Å². The van der Waals surface area contributed by atoms with E-state index in [2.05, 4.69) is 10.4 Å². The number of hydrogen-bond donors (Lipinski definition) is 2. The van der Waals surface area contributed by atoms with Crippen molar-refractivity contribution in [1.82, 2.24) is 9.78 Å². The minimum atomic E-state index is -3.75. The zero-order valence-corrected chi connectivity index (χ0v) is 12.5. The van der Waals surface area contributed by atoms with Gasteiger partial charge in [0.05, 0.1) is 4.90 Å². The van der Waals surface area contributed by atoms with Gasteiger partial charge in [0.2, 0.25) is 15.9 Å². The van der Waals surface area contributed by atoms with Crippen LogP contribution >= 0.6 is 0 Å². The highest BCUT2D eigenvalue weighted by Gasteiger charge is 2.16. The first-order chi connectivity index (χ1) is 9.79. The number of hydrogen-bond acceptors (Lipinski definition) is 4. The highest BCUT2D eigenvalue weighted by atomic mass is 32.2. The van der Waals surface area contributed by atoms with Crippen molar-refractivity contribution in [1.29, 1.82) is 0 Å². The number of carbonyl (C=O) groups excluding carboxylic acids is 1. The van der Waals surface area contributed by atoms with Gasteiger partial charge in [-0.1, -0.05) is 0 Å². The molecule has 0 fully saturated rings. The molecule has 0 aliphatic heterocycles. The van der Waals surface area contributed by atoms with Crippen molar-refractivity contribution in [2.24, 2.45) is 5.14 Å². The maximum absolute atomic E-state index is 12.1. The van der Waals surface area contributed by atoms with E-state index in [4.69, 9.17) is 5.14 Å². The summed E-state index contributed by atoms with van der Waals surface area (Å²) in [7, 11) is -3.75. The molecular weight excluding hydrogens is 292 g/mol. The summed E-state index contributed by atoms with van der Waals surface area (Å²) in [5.74, 6) is -0.245. The summed E-state index contributed by atoms with van der Waals surface area (Å²) in [6, 6.07) is 5.55. The minimum Gasteiger partial charge on any atom is -0.324 e. The zero-order valence-electron chi connectivity index (χ0n) is 11.6. The first-order valence-corrected chi connectivity index (χ1v) is 7.77. The zero-order chi connectivity index (χ0) is 15.6. The number of carbonyl (C=O) groups is 1. The van der Waals surface area contributed by atoms with Crippen LogP contribution in [-0.4, -0.2) is 24.1 Å². The molecule has 7 nitrogen and oxygen atoms in total. The lowest BCUT2D eigenvalue weighted by Crippen LogP contribution is -2.24. The van der Waals surface area contributed by atoms with Gasteiger partial charge >= 0.3 is 0 Å². The molecule has 2 rings (SSSR count). The molecule has 0 saturated carbocycles. The Morgan fingerprint density at radius 1 is 1.43 bits per heavy atom. The molecular formula is C13H16N4O3S. The molecule has 21 heavy (non-hydrogen) atoms. The standard InChI is InChI=1S/C13H16N4O3S/c1-9-8-11(21(14,19)20)4-5-12(9)16-13(18)10(2)17-7-3-6-15-17/h3-8,10H,1-2H3,(H,16,18)(H2,14,19,20). The molecule has 0 radical (unpaired) electrons. The number of nitrogens with one attached hydrogen (secondary N) is 1. The van der Waals surface area contributed by atoms with E-state index in [1.165, 1.54) is 22.9 Å². The number of sulfonamides is 1. The molecule has 8 heteroatoms. The molecule has 1 aromatic carbocycles. The maximum atomic E-state index is 12.1. The second-order valence-electron chi connectivity index (χ2n) is 4.67. The van der Waals surface area contributed by atoms with Gasteiger partial charge in [0.25, 0.3) is 0 Å². The minimum absolute atomic E-state index is 0.0122. The highest BCUT2D eigenvalue weighted by Crippen LogP contribution is 2.20. The van der Waals surface area contributed by atoms with Gasteiger partial charge in [0.15, 0.2) is 0 Å². The topological polar surface area (TPSA) is 107 Å². The summed E-state index contributed by atoms with van der Waals surface area (Å²) in [5.41, 5.74) is 1.15. The van der Waals surface area contributed by atoms with Crippen LogP contribution in [0.25, 0.3) is 0 Å². The Morgan fingerprint density at radius 2 is 2.14 bits per heavy atom. The fourth-order valence-electron chi connectivity index (χ4n) is 1.82. The highest BCUT2D eigenvalue weighted by molar-refractivity contribution is 7.89. The number of nitrogens with two attached hydrogens (primary N) is 1. The molecule has 0 aliphatic carbocycles. The molecule has 1 unspecified atom stereocenters. The largest absolute Gasteiger partial charge is 0.324 e. The summed E-state index contributed by atoms with van der Waals surface area (Å²) in [4.78, 5) is 12.1. The molecule has 1 heterocycles. The third-order valence-corrected chi connectivity index (χ3v) is 4.00. The molecule has 1 amide bonds. The lowest BCUT2D eigenvalue weighted by Gasteiger charge is -2.14. The average Bonchev–Trinajstić information content (AvgIpc) is 2.92. The van der Waals surface area contributed by atoms with Crippen LogP contribution in [0.1, 0.15) is 18.5 Å². The fraction of sp³-hybridized carbons (Fsp3) is 0.231. The van der Waals surface area contributed by atoms with Crippen molar-refractivity contribution < 1.29 is 13.2 Å². The molecule has 3 N–H and O–H groups in total. The Labute approximate surface area is 122 Å². The Balaban J connectivity index is 2.19. The van der Waals surface area contributed by atoms with Crippen LogP contribution < -0.4 is 10.5 Å². The summed E-state index contributed by atoms with van der Waals surface area (Å²) < 4.78 is 24.1. The third kappa shape index (κ3) is 3.47. The van der Waals surface area contributed by atoms with Crippen LogP contribution in [-0.2, 0) is 14.8 Å². The lowest BCUT2D eigenvalue weighted by molar-refractivity contribution is -0.119. The van der Waals surface area contributed by atoms with Gasteiger partial charge in [-0.2, -0.15) is 5.10 Å². The number of anilines is 1. The Hall–Kier alpha value is -2.19. The molecule has 2 aromatic rings. The number of rotatable bonds is 4. The predicted molar refractivity (Wildman–Crippen MR) is 78.1 cm³/mol. The number of amides is 1. The van der Waals surface area contributed by atoms with Crippen LogP contribution in [0.4, 0.5) is 5.69 Å². The number of primary sulfonamides is 1. The van der Waals surface area contributed by atoms with Gasteiger partial charge in [0.1, 0.15) is 6.04 Å². The van der Waals surface area contributed by atoms with Crippen molar-refractivity contribution in [2.45, 2.75) is 24.8 Å². The summed E-state index contributed by atoms with van der Waals surface area (Å²) in [6.45, 7) is 3.42. The Kier molecular flexibility index (Phi) is 4.10. The van der Waals surface area contributed by atoms with E-state index in [1.54, 1.807) is 32.3 Å². The van der Waals surface area contributed by atoms with Crippen LogP contribution in [0, 0.1) is 6.92 Å². The van der Waals surface area contributed by atoms with E-state index in [1.807, 2.05) is 0 Å². The van der Waals surface area contributed by atoms with Crippen molar-refractivity contribution >= 4 is 21.6 Å². The Bertz CT molecular complexity index is 754. The van der Waals surface area contributed by atoms with Crippen LogP contribution in [0.5, 0.6) is 0 Å². The number of nitrogens with zero attached hydrogens (tertiary/aromatic N) is 2. The van der Waals surface area contributed by atoms with Crippen molar-refractivity contribution in [3.8, 4) is 0 Å². The second-order valence-corrected chi connectivity index (χ2v) is 6.23. The summed E-state index contributed by atoms with van der Waals surface area (Å²) in [5, 5.41) is 11.8. The quantitative estimate of drug-likeness (QED) is 0.879. The molecule has 0 bridgehead atoms. The van der Waals surface area contributed by atoms with Gasteiger partial charge in [0, 0.05) is 18.1 Å². The van der Waals surface area contributed by atoms with E-state index in [9.17, 15) is 13.2 Å². The van der Waals surface area contributed by atoms with Crippen molar-refractivity contribution in [3.05, 3.63) is 42.2 Å². The first kappa shape index (κ1) is 15.2. The van der Waals surface area contributed by atoms with Crippen LogP contribution in [0.2, 0.25) is 0 Å². The maximum Gasteiger partial charge on any atom is 0.248 e. The number of aryl methyl sites for hydroxylation is 1. The van der Waals surface area contributed by atoms with E-state index in [0.717, 1.165) is 0 Å². The summed E-state index contributed by atoms with van der Waals surface area (Å²) in [6.07, 6.45) is 3.29. The lowest BCUT2D eigenvalue weighted by atomic mass is 10.2.